The molecular formula is C37H69NO8. The molecule has 0 unspecified atom stereocenters. The van der Waals surface area contributed by atoms with E-state index in [2.05, 4.69) is 25.7 Å². The first-order valence-corrected chi connectivity index (χ1v) is 18.7. The van der Waals surface area contributed by atoms with Crippen LogP contribution >= 0.6 is 0 Å². The number of unbranched alkanes of at least 4 members (excludes halogenated alkanes) is 15. The SMILES string of the molecule is CCCCCCCCOC(=O)CC(CC(=O)OCCCCCCCC)(OC(=O)CCN(CC)CC)C(=O)OCCCCCCCC. The van der Waals surface area contributed by atoms with Crippen molar-refractivity contribution in [1.82, 2.24) is 4.90 Å². The first kappa shape index (κ1) is 43.8. The summed E-state index contributed by atoms with van der Waals surface area (Å²) < 4.78 is 22.4. The van der Waals surface area contributed by atoms with Gasteiger partial charge in [0.1, 0.15) is 0 Å². The van der Waals surface area contributed by atoms with Crippen molar-refractivity contribution in [2.24, 2.45) is 0 Å². The fraction of sp³-hybridized carbons (Fsp3) is 0.892. The molecule has 9 heteroatoms. The predicted molar refractivity (Wildman–Crippen MR) is 183 cm³/mol. The highest BCUT2D eigenvalue weighted by molar-refractivity contribution is 5.92. The van der Waals surface area contributed by atoms with Crippen molar-refractivity contribution in [3.8, 4) is 0 Å². The van der Waals surface area contributed by atoms with E-state index in [1.807, 2.05) is 13.8 Å². The van der Waals surface area contributed by atoms with E-state index in [1.54, 1.807) is 0 Å². The Kier molecular flexibility index (Phi) is 28.8. The van der Waals surface area contributed by atoms with Crippen LogP contribution in [0.15, 0.2) is 0 Å². The highest BCUT2D eigenvalue weighted by Gasteiger charge is 2.49. The largest absolute Gasteiger partial charge is 0.466 e. The molecule has 0 heterocycles. The first-order chi connectivity index (χ1) is 22.3. The summed E-state index contributed by atoms with van der Waals surface area (Å²) in [5, 5.41) is 0. The molecule has 0 aliphatic carbocycles. The first-order valence-electron chi connectivity index (χ1n) is 18.7. The monoisotopic (exact) mass is 656 g/mol. The second-order valence-electron chi connectivity index (χ2n) is 12.5. The lowest BCUT2D eigenvalue weighted by molar-refractivity contribution is -0.191. The lowest BCUT2D eigenvalue weighted by atomic mass is 9.94. The molecular weight excluding hydrogens is 586 g/mol. The fourth-order valence-electron chi connectivity index (χ4n) is 5.26. The molecule has 0 aliphatic heterocycles. The summed E-state index contributed by atoms with van der Waals surface area (Å²) in [7, 11) is 0. The maximum Gasteiger partial charge on any atom is 0.351 e. The molecule has 46 heavy (non-hydrogen) atoms. The van der Waals surface area contributed by atoms with E-state index in [1.165, 1.54) is 12.8 Å². The number of hydrogen-bond acceptors (Lipinski definition) is 9. The molecule has 0 N–H and O–H groups in total. The van der Waals surface area contributed by atoms with Crippen molar-refractivity contribution in [2.45, 2.75) is 175 Å². The fourth-order valence-corrected chi connectivity index (χ4v) is 5.26. The second-order valence-corrected chi connectivity index (χ2v) is 12.5. The van der Waals surface area contributed by atoms with Gasteiger partial charge in [-0.1, -0.05) is 131 Å². The minimum absolute atomic E-state index is 0.00769. The molecule has 0 fully saturated rings. The average molecular weight is 656 g/mol. The van der Waals surface area contributed by atoms with E-state index >= 15 is 0 Å². The third-order valence-electron chi connectivity index (χ3n) is 8.32. The van der Waals surface area contributed by atoms with Crippen molar-refractivity contribution >= 4 is 23.9 Å². The minimum atomic E-state index is -2.14. The molecule has 0 atom stereocenters. The third kappa shape index (κ3) is 23.2. The Bertz CT molecular complexity index is 751. The van der Waals surface area contributed by atoms with Gasteiger partial charge in [-0.25, -0.2) is 4.79 Å². The van der Waals surface area contributed by atoms with E-state index in [-0.39, 0.29) is 26.2 Å². The van der Waals surface area contributed by atoms with Crippen LogP contribution in [0.25, 0.3) is 0 Å². The van der Waals surface area contributed by atoms with Crippen molar-refractivity contribution < 1.29 is 38.1 Å². The number of ether oxygens (including phenoxy) is 4. The maximum absolute atomic E-state index is 13.7. The smallest absolute Gasteiger partial charge is 0.351 e. The summed E-state index contributed by atoms with van der Waals surface area (Å²) in [6.45, 7) is 12.9. The summed E-state index contributed by atoms with van der Waals surface area (Å²) in [6.07, 6.45) is 17.2. The van der Waals surface area contributed by atoms with Gasteiger partial charge in [0, 0.05) is 6.54 Å². The van der Waals surface area contributed by atoms with Gasteiger partial charge in [0.2, 0.25) is 5.60 Å². The van der Waals surface area contributed by atoms with Crippen LogP contribution in [0.5, 0.6) is 0 Å². The third-order valence-corrected chi connectivity index (χ3v) is 8.32. The summed E-state index contributed by atoms with van der Waals surface area (Å²) in [5.41, 5.74) is -2.14. The van der Waals surface area contributed by atoms with Crippen molar-refractivity contribution in [1.29, 1.82) is 0 Å². The zero-order chi connectivity index (χ0) is 34.3. The van der Waals surface area contributed by atoms with Gasteiger partial charge in [0.25, 0.3) is 0 Å². The topological polar surface area (TPSA) is 108 Å². The van der Waals surface area contributed by atoms with Gasteiger partial charge in [-0.2, -0.15) is 0 Å². The zero-order valence-electron chi connectivity index (χ0n) is 30.3. The van der Waals surface area contributed by atoms with Gasteiger partial charge in [-0.15, -0.1) is 0 Å². The van der Waals surface area contributed by atoms with Crippen LogP contribution in [0.3, 0.4) is 0 Å². The molecule has 9 nitrogen and oxygen atoms in total. The van der Waals surface area contributed by atoms with Crippen LogP contribution in [0.2, 0.25) is 0 Å². The Labute approximate surface area is 281 Å². The second kappa shape index (κ2) is 30.2. The quantitative estimate of drug-likeness (QED) is 0.0400. The van der Waals surface area contributed by atoms with E-state index in [0.29, 0.717) is 25.8 Å². The molecule has 0 aromatic carbocycles. The van der Waals surface area contributed by atoms with Crippen LogP contribution in [0.1, 0.15) is 169 Å². The summed E-state index contributed by atoms with van der Waals surface area (Å²) in [4.78, 5) is 55.1. The van der Waals surface area contributed by atoms with Crippen molar-refractivity contribution in [3.63, 3.8) is 0 Å². The Hall–Kier alpha value is -2.16. The number of hydrogen-bond donors (Lipinski definition) is 0. The Morgan fingerprint density at radius 2 is 0.848 bits per heavy atom. The number of carbonyl (C=O) groups is 4. The van der Waals surface area contributed by atoms with Gasteiger partial charge in [0.05, 0.1) is 39.1 Å². The van der Waals surface area contributed by atoms with Gasteiger partial charge in [-0.05, 0) is 32.4 Å². The molecule has 0 saturated carbocycles. The standard InChI is InChI=1S/C37H69NO8/c1-6-11-14-17-20-23-28-43-34(40)31-37(46-33(39)26-27-38(9-4)10-5,36(42)45-30-25-22-19-16-13-8-3)32-35(41)44-29-24-21-18-15-12-7-2/h6-32H2,1-5H3. The number of esters is 4. The summed E-state index contributed by atoms with van der Waals surface area (Å²) in [6, 6.07) is 0. The van der Waals surface area contributed by atoms with Crippen LogP contribution < -0.4 is 0 Å². The van der Waals surface area contributed by atoms with E-state index in [0.717, 1.165) is 96.6 Å². The number of carbonyl (C=O) groups excluding carboxylic acids is 4. The Morgan fingerprint density at radius 1 is 0.478 bits per heavy atom. The summed E-state index contributed by atoms with van der Waals surface area (Å²) >= 11 is 0. The zero-order valence-corrected chi connectivity index (χ0v) is 30.3. The highest BCUT2D eigenvalue weighted by atomic mass is 16.6. The maximum atomic E-state index is 13.7. The molecule has 0 spiro atoms. The lowest BCUT2D eigenvalue weighted by Gasteiger charge is -2.30. The van der Waals surface area contributed by atoms with Crippen molar-refractivity contribution in [2.75, 3.05) is 39.5 Å². The number of nitrogens with zero attached hydrogens (tertiary/aromatic N) is 1. The summed E-state index contributed by atoms with van der Waals surface area (Å²) in [5.74, 6) is -2.98. The Morgan fingerprint density at radius 3 is 1.24 bits per heavy atom. The highest BCUT2D eigenvalue weighted by Crippen LogP contribution is 2.27. The molecule has 0 rings (SSSR count). The average Bonchev–Trinajstić information content (AvgIpc) is 3.03. The molecule has 0 radical (unpaired) electrons. The molecule has 0 aliphatic rings. The van der Waals surface area contributed by atoms with E-state index in [9.17, 15) is 19.2 Å². The molecule has 0 bridgehead atoms. The minimum Gasteiger partial charge on any atom is -0.466 e. The van der Waals surface area contributed by atoms with Crippen LogP contribution in [0, 0.1) is 0 Å². The van der Waals surface area contributed by atoms with Gasteiger partial charge in [0.15, 0.2) is 0 Å². The van der Waals surface area contributed by atoms with Gasteiger partial charge >= 0.3 is 23.9 Å². The van der Waals surface area contributed by atoms with Crippen LogP contribution in [-0.2, 0) is 38.1 Å². The molecule has 0 aromatic heterocycles. The van der Waals surface area contributed by atoms with E-state index in [4.69, 9.17) is 18.9 Å². The van der Waals surface area contributed by atoms with Crippen molar-refractivity contribution in [3.05, 3.63) is 0 Å². The number of rotatable bonds is 32. The van der Waals surface area contributed by atoms with E-state index < -0.39 is 42.3 Å². The van der Waals surface area contributed by atoms with Gasteiger partial charge in [-0.3, -0.25) is 14.4 Å². The Balaban J connectivity index is 5.67. The molecule has 0 aromatic rings. The lowest BCUT2D eigenvalue weighted by Crippen LogP contribution is -2.49. The normalized spacial score (nSPS) is 11.4. The molecule has 0 saturated heterocycles. The van der Waals surface area contributed by atoms with Gasteiger partial charge < -0.3 is 23.8 Å². The van der Waals surface area contributed by atoms with Crippen LogP contribution in [-0.4, -0.2) is 73.8 Å². The molecule has 0 amide bonds. The predicted octanol–water partition coefficient (Wildman–Crippen LogP) is 8.49. The van der Waals surface area contributed by atoms with Crippen LogP contribution in [0.4, 0.5) is 0 Å². The molecule has 270 valence electrons.